The van der Waals surface area contributed by atoms with Gasteiger partial charge in [-0.1, -0.05) is 12.1 Å². The van der Waals surface area contributed by atoms with Crippen LogP contribution in [0.25, 0.3) is 0 Å². The van der Waals surface area contributed by atoms with E-state index >= 15 is 0 Å². The van der Waals surface area contributed by atoms with Gasteiger partial charge >= 0.3 is 0 Å². The highest BCUT2D eigenvalue weighted by atomic mass is 32.1. The standard InChI is InChI=1S/C15H19N5OS/c1-4-20-13(14(16)21)12(8-17-20)19-15(22)18-11-7-9(2)5-6-10(11)3/h5-8H,4H2,1-3H3,(H2,16,21)(H2,18,19,22). The third-order valence-electron chi connectivity index (χ3n) is 3.26. The van der Waals surface area contributed by atoms with Gasteiger partial charge in [0.05, 0.1) is 11.9 Å². The molecular weight excluding hydrogens is 298 g/mol. The van der Waals surface area contributed by atoms with Crippen LogP contribution in [0.4, 0.5) is 11.4 Å². The van der Waals surface area contributed by atoms with Gasteiger partial charge in [0, 0.05) is 12.2 Å². The molecule has 1 heterocycles. The number of nitrogens with one attached hydrogen (secondary N) is 2. The van der Waals surface area contributed by atoms with E-state index in [9.17, 15) is 4.79 Å². The molecule has 1 aromatic carbocycles. The summed E-state index contributed by atoms with van der Waals surface area (Å²) < 4.78 is 1.53. The Labute approximate surface area is 134 Å². The second-order valence-electron chi connectivity index (χ2n) is 4.98. The Hall–Kier alpha value is -2.41. The lowest BCUT2D eigenvalue weighted by Gasteiger charge is -2.13. The largest absolute Gasteiger partial charge is 0.364 e. The minimum atomic E-state index is -0.545. The molecule has 4 N–H and O–H groups in total. The van der Waals surface area contributed by atoms with Crippen LogP contribution in [0.3, 0.4) is 0 Å². The first-order valence-electron chi connectivity index (χ1n) is 6.93. The van der Waals surface area contributed by atoms with Gasteiger partial charge in [-0.05, 0) is 50.2 Å². The minimum Gasteiger partial charge on any atom is -0.364 e. The number of rotatable bonds is 4. The Morgan fingerprint density at radius 2 is 2.00 bits per heavy atom. The van der Waals surface area contributed by atoms with Gasteiger partial charge in [-0.25, -0.2) is 0 Å². The molecule has 0 saturated heterocycles. The van der Waals surface area contributed by atoms with Gasteiger partial charge in [0.25, 0.3) is 5.91 Å². The molecular formula is C15H19N5OS. The zero-order valence-electron chi connectivity index (χ0n) is 12.8. The zero-order chi connectivity index (χ0) is 16.3. The highest BCUT2D eigenvalue weighted by Gasteiger charge is 2.16. The summed E-state index contributed by atoms with van der Waals surface area (Å²) in [5, 5.41) is 10.6. The summed E-state index contributed by atoms with van der Waals surface area (Å²) in [6, 6.07) is 6.06. The second kappa shape index (κ2) is 6.57. The molecule has 2 aromatic rings. The summed E-state index contributed by atoms with van der Waals surface area (Å²) in [7, 11) is 0. The molecule has 116 valence electrons. The number of nitrogens with two attached hydrogens (primary N) is 1. The molecule has 7 heteroatoms. The van der Waals surface area contributed by atoms with Gasteiger partial charge in [-0.3, -0.25) is 9.48 Å². The fourth-order valence-electron chi connectivity index (χ4n) is 2.12. The third-order valence-corrected chi connectivity index (χ3v) is 3.47. The number of carbonyl (C=O) groups excluding carboxylic acids is 1. The van der Waals surface area contributed by atoms with Gasteiger partial charge in [0.2, 0.25) is 0 Å². The molecule has 0 aliphatic heterocycles. The first kappa shape index (κ1) is 16.0. The van der Waals surface area contributed by atoms with Crippen LogP contribution in [-0.2, 0) is 6.54 Å². The van der Waals surface area contributed by atoms with Crippen LogP contribution in [0, 0.1) is 13.8 Å². The summed E-state index contributed by atoms with van der Waals surface area (Å²) in [5.74, 6) is -0.545. The number of hydrogen-bond acceptors (Lipinski definition) is 3. The number of aromatic nitrogens is 2. The van der Waals surface area contributed by atoms with Crippen LogP contribution in [0.1, 0.15) is 28.5 Å². The average molecular weight is 317 g/mol. The second-order valence-corrected chi connectivity index (χ2v) is 5.39. The molecule has 0 aliphatic rings. The Bertz CT molecular complexity index is 723. The van der Waals surface area contributed by atoms with E-state index in [4.69, 9.17) is 18.0 Å². The maximum Gasteiger partial charge on any atom is 0.269 e. The van der Waals surface area contributed by atoms with E-state index in [-0.39, 0.29) is 0 Å². The summed E-state index contributed by atoms with van der Waals surface area (Å²) >= 11 is 5.30. The number of amides is 1. The number of aryl methyl sites for hydroxylation is 3. The van der Waals surface area contributed by atoms with Gasteiger partial charge in [0.1, 0.15) is 5.69 Å². The van der Waals surface area contributed by atoms with Gasteiger partial charge in [-0.15, -0.1) is 0 Å². The topological polar surface area (TPSA) is 85.0 Å². The Morgan fingerprint density at radius 3 is 2.64 bits per heavy atom. The lowest BCUT2D eigenvalue weighted by atomic mass is 10.1. The van der Waals surface area contributed by atoms with Crippen molar-refractivity contribution in [3.8, 4) is 0 Å². The number of benzene rings is 1. The number of nitrogens with zero attached hydrogens (tertiary/aromatic N) is 2. The molecule has 0 fully saturated rings. The van der Waals surface area contributed by atoms with Crippen molar-refractivity contribution in [1.82, 2.24) is 9.78 Å². The molecule has 6 nitrogen and oxygen atoms in total. The van der Waals surface area contributed by atoms with Gasteiger partial charge < -0.3 is 16.4 Å². The molecule has 0 bridgehead atoms. The van der Waals surface area contributed by atoms with E-state index in [1.54, 1.807) is 6.20 Å². The van der Waals surface area contributed by atoms with Crippen molar-refractivity contribution in [1.29, 1.82) is 0 Å². The van der Waals surface area contributed by atoms with E-state index in [0.717, 1.165) is 16.8 Å². The SMILES string of the molecule is CCn1ncc(NC(=S)Nc2cc(C)ccc2C)c1C(N)=O. The number of primary amides is 1. The number of carbonyl (C=O) groups is 1. The van der Waals surface area contributed by atoms with Crippen molar-refractivity contribution in [2.75, 3.05) is 10.6 Å². The first-order chi connectivity index (χ1) is 10.4. The lowest BCUT2D eigenvalue weighted by Crippen LogP contribution is -2.23. The van der Waals surface area contributed by atoms with Crippen molar-refractivity contribution in [3.63, 3.8) is 0 Å². The van der Waals surface area contributed by atoms with Crippen LogP contribution in [0.2, 0.25) is 0 Å². The van der Waals surface area contributed by atoms with Crippen molar-refractivity contribution < 1.29 is 4.79 Å². The predicted octanol–water partition coefficient (Wildman–Crippen LogP) is 2.43. The average Bonchev–Trinajstić information content (AvgIpc) is 2.85. The van der Waals surface area contributed by atoms with E-state index in [0.29, 0.717) is 23.0 Å². The smallest absolute Gasteiger partial charge is 0.269 e. The zero-order valence-corrected chi connectivity index (χ0v) is 13.6. The van der Waals surface area contributed by atoms with Gasteiger partial charge in [0.15, 0.2) is 5.11 Å². The highest BCUT2D eigenvalue weighted by molar-refractivity contribution is 7.80. The number of anilines is 2. The Morgan fingerprint density at radius 1 is 1.32 bits per heavy atom. The maximum atomic E-state index is 11.6. The molecule has 0 saturated carbocycles. The van der Waals surface area contributed by atoms with Crippen molar-refractivity contribution in [2.45, 2.75) is 27.3 Å². The molecule has 0 unspecified atom stereocenters. The molecule has 1 amide bonds. The molecule has 1 aromatic heterocycles. The molecule has 2 rings (SSSR count). The summed E-state index contributed by atoms with van der Waals surface area (Å²) in [5.41, 5.74) is 9.34. The first-order valence-corrected chi connectivity index (χ1v) is 7.34. The third kappa shape index (κ3) is 3.43. The minimum absolute atomic E-state index is 0.313. The summed E-state index contributed by atoms with van der Waals surface area (Å²) in [6.45, 7) is 6.44. The maximum absolute atomic E-state index is 11.6. The van der Waals surface area contributed by atoms with Crippen molar-refractivity contribution in [3.05, 3.63) is 41.2 Å². The molecule has 0 aliphatic carbocycles. The number of hydrogen-bond donors (Lipinski definition) is 3. The monoisotopic (exact) mass is 317 g/mol. The van der Waals surface area contributed by atoms with Crippen LogP contribution in [0.15, 0.2) is 24.4 Å². The van der Waals surface area contributed by atoms with Crippen molar-refractivity contribution >= 4 is 34.6 Å². The van der Waals surface area contributed by atoms with E-state index in [1.165, 1.54) is 4.68 Å². The summed E-state index contributed by atoms with van der Waals surface area (Å²) in [6.07, 6.45) is 1.54. The predicted molar refractivity (Wildman–Crippen MR) is 92.2 cm³/mol. The van der Waals surface area contributed by atoms with E-state index < -0.39 is 5.91 Å². The Kier molecular flexibility index (Phi) is 4.77. The fraction of sp³-hybridized carbons (Fsp3) is 0.267. The van der Waals surface area contributed by atoms with Crippen molar-refractivity contribution in [2.24, 2.45) is 5.73 Å². The van der Waals surface area contributed by atoms with Crippen LogP contribution in [-0.4, -0.2) is 20.8 Å². The molecule has 0 spiro atoms. The molecule has 0 radical (unpaired) electrons. The fourth-order valence-corrected chi connectivity index (χ4v) is 2.34. The van der Waals surface area contributed by atoms with Gasteiger partial charge in [-0.2, -0.15) is 5.10 Å². The van der Waals surface area contributed by atoms with E-state index in [1.807, 2.05) is 39.0 Å². The van der Waals surface area contributed by atoms with E-state index in [2.05, 4.69) is 15.7 Å². The van der Waals surface area contributed by atoms with Crippen LogP contribution >= 0.6 is 12.2 Å². The highest BCUT2D eigenvalue weighted by Crippen LogP contribution is 2.18. The molecule has 0 atom stereocenters. The van der Waals surface area contributed by atoms with Crippen LogP contribution in [0.5, 0.6) is 0 Å². The number of thiocarbonyl (C=S) groups is 1. The Balaban J connectivity index is 2.17. The summed E-state index contributed by atoms with van der Waals surface area (Å²) in [4.78, 5) is 11.6. The molecule has 22 heavy (non-hydrogen) atoms. The lowest BCUT2D eigenvalue weighted by molar-refractivity contribution is 0.0991. The van der Waals surface area contributed by atoms with Crippen LogP contribution < -0.4 is 16.4 Å². The quantitative estimate of drug-likeness (QED) is 0.754. The normalized spacial score (nSPS) is 10.3.